The summed E-state index contributed by atoms with van der Waals surface area (Å²) in [5.41, 5.74) is 0. The molecule has 21 heavy (non-hydrogen) atoms. The van der Waals surface area contributed by atoms with Gasteiger partial charge in [0.1, 0.15) is 6.04 Å². The molecule has 0 aromatic rings. The van der Waals surface area contributed by atoms with E-state index in [-0.39, 0.29) is 11.9 Å². The van der Waals surface area contributed by atoms with E-state index in [2.05, 4.69) is 31.1 Å². The van der Waals surface area contributed by atoms with Gasteiger partial charge in [0.15, 0.2) is 0 Å². The summed E-state index contributed by atoms with van der Waals surface area (Å²) in [5, 5.41) is 12.2. The molecule has 2 atom stereocenters. The fourth-order valence-electron chi connectivity index (χ4n) is 2.68. The number of nitrogens with zero attached hydrogens (tertiary/aromatic N) is 2. The average Bonchev–Trinajstić information content (AvgIpc) is 2.42. The Bertz CT molecular complexity index is 360. The number of rotatable bonds is 6. The average molecular weight is 299 g/mol. The van der Waals surface area contributed by atoms with Crippen LogP contribution in [0.25, 0.3) is 0 Å². The minimum atomic E-state index is -0.906. The number of nitrogens with one attached hydrogen (secondary N) is 1. The van der Waals surface area contributed by atoms with Gasteiger partial charge in [-0.15, -0.1) is 0 Å². The summed E-state index contributed by atoms with van der Waals surface area (Å²) in [7, 11) is 2.05. The highest BCUT2D eigenvalue weighted by atomic mass is 16.4. The van der Waals surface area contributed by atoms with Crippen molar-refractivity contribution in [1.82, 2.24) is 15.1 Å². The topological polar surface area (TPSA) is 72.9 Å². The van der Waals surface area contributed by atoms with Gasteiger partial charge in [0.05, 0.1) is 0 Å². The smallest absolute Gasteiger partial charge is 0.326 e. The van der Waals surface area contributed by atoms with Crippen LogP contribution in [0.1, 0.15) is 40.0 Å². The molecule has 2 unspecified atom stereocenters. The highest BCUT2D eigenvalue weighted by Crippen LogP contribution is 2.23. The predicted molar refractivity (Wildman–Crippen MR) is 82.3 cm³/mol. The molecule has 1 aliphatic rings. The lowest BCUT2D eigenvalue weighted by molar-refractivity contribution is -0.145. The number of piperidine rings is 1. The zero-order valence-corrected chi connectivity index (χ0v) is 13.6. The second-order valence-electron chi connectivity index (χ2n) is 6.26. The van der Waals surface area contributed by atoms with E-state index in [1.165, 1.54) is 4.90 Å². The highest BCUT2D eigenvalue weighted by molar-refractivity contribution is 5.83. The molecule has 2 N–H and O–H groups in total. The normalized spacial score (nSPS) is 22.7. The second-order valence-corrected chi connectivity index (χ2v) is 6.26. The minimum absolute atomic E-state index is 0.00840. The summed E-state index contributed by atoms with van der Waals surface area (Å²) >= 11 is 0. The Hall–Kier alpha value is -1.30. The molecule has 1 aliphatic heterocycles. The van der Waals surface area contributed by atoms with E-state index in [0.717, 1.165) is 25.8 Å². The Balaban J connectivity index is 2.41. The molecule has 0 aliphatic carbocycles. The van der Waals surface area contributed by atoms with Crippen LogP contribution in [0.2, 0.25) is 0 Å². The SMILES string of the molecule is CC1CCCN(C(=O)NCCCN(C)C(C)C)C1C(=O)O. The van der Waals surface area contributed by atoms with E-state index >= 15 is 0 Å². The summed E-state index contributed by atoms with van der Waals surface area (Å²) in [6.07, 6.45) is 2.59. The highest BCUT2D eigenvalue weighted by Gasteiger charge is 2.36. The van der Waals surface area contributed by atoms with Gasteiger partial charge < -0.3 is 20.2 Å². The first-order valence-corrected chi connectivity index (χ1v) is 7.82. The first-order valence-electron chi connectivity index (χ1n) is 7.82. The van der Waals surface area contributed by atoms with E-state index in [0.29, 0.717) is 19.1 Å². The minimum Gasteiger partial charge on any atom is -0.480 e. The van der Waals surface area contributed by atoms with E-state index in [1.54, 1.807) is 0 Å². The number of hydrogen-bond acceptors (Lipinski definition) is 3. The van der Waals surface area contributed by atoms with E-state index in [4.69, 9.17) is 0 Å². The van der Waals surface area contributed by atoms with Gasteiger partial charge in [-0.1, -0.05) is 6.92 Å². The van der Waals surface area contributed by atoms with Crippen molar-refractivity contribution in [3.63, 3.8) is 0 Å². The number of amides is 2. The molecule has 122 valence electrons. The third-order valence-electron chi connectivity index (χ3n) is 4.29. The summed E-state index contributed by atoms with van der Waals surface area (Å²) in [6, 6.07) is -0.460. The van der Waals surface area contributed by atoms with Crippen LogP contribution >= 0.6 is 0 Å². The molecule has 0 saturated carbocycles. The van der Waals surface area contributed by atoms with Crippen LogP contribution in [-0.2, 0) is 4.79 Å². The van der Waals surface area contributed by atoms with Crippen molar-refractivity contribution in [2.45, 2.75) is 52.1 Å². The molecule has 2 amide bonds. The molecule has 6 heteroatoms. The Morgan fingerprint density at radius 3 is 2.67 bits per heavy atom. The van der Waals surface area contributed by atoms with Crippen molar-refractivity contribution in [3.05, 3.63) is 0 Å². The van der Waals surface area contributed by atoms with Crippen molar-refractivity contribution >= 4 is 12.0 Å². The lowest BCUT2D eigenvalue weighted by Gasteiger charge is -2.37. The van der Waals surface area contributed by atoms with Crippen LogP contribution in [-0.4, -0.2) is 65.7 Å². The van der Waals surface area contributed by atoms with Crippen LogP contribution in [0.15, 0.2) is 0 Å². The Kier molecular flexibility index (Phi) is 6.95. The summed E-state index contributed by atoms with van der Waals surface area (Å²) in [5.74, 6) is -0.897. The number of carboxylic acid groups (broad SMARTS) is 1. The van der Waals surface area contributed by atoms with Crippen LogP contribution < -0.4 is 5.32 Å². The van der Waals surface area contributed by atoms with Crippen molar-refractivity contribution in [3.8, 4) is 0 Å². The summed E-state index contributed by atoms with van der Waals surface area (Å²) in [6.45, 7) is 8.18. The maximum atomic E-state index is 12.2. The van der Waals surface area contributed by atoms with Crippen LogP contribution in [0, 0.1) is 5.92 Å². The van der Waals surface area contributed by atoms with Crippen LogP contribution in [0.4, 0.5) is 4.79 Å². The molecule has 0 bridgehead atoms. The second kappa shape index (κ2) is 8.22. The lowest BCUT2D eigenvalue weighted by Crippen LogP contribution is -2.55. The van der Waals surface area contributed by atoms with Crippen molar-refractivity contribution in [2.75, 3.05) is 26.7 Å². The van der Waals surface area contributed by atoms with Gasteiger partial charge in [0.25, 0.3) is 0 Å². The maximum Gasteiger partial charge on any atom is 0.326 e. The van der Waals surface area contributed by atoms with Crippen LogP contribution in [0.5, 0.6) is 0 Å². The Labute approximate surface area is 127 Å². The molecule has 0 aromatic carbocycles. The Morgan fingerprint density at radius 2 is 2.10 bits per heavy atom. The number of aliphatic carboxylic acids is 1. The quantitative estimate of drug-likeness (QED) is 0.731. The van der Waals surface area contributed by atoms with Gasteiger partial charge in [0.2, 0.25) is 0 Å². The molecule has 1 saturated heterocycles. The maximum absolute atomic E-state index is 12.2. The molecule has 0 spiro atoms. The molecule has 0 radical (unpaired) electrons. The van der Waals surface area contributed by atoms with E-state index < -0.39 is 12.0 Å². The lowest BCUT2D eigenvalue weighted by atomic mass is 9.91. The molecule has 1 heterocycles. The van der Waals surface area contributed by atoms with Crippen molar-refractivity contribution < 1.29 is 14.7 Å². The number of carbonyl (C=O) groups excluding carboxylic acids is 1. The Morgan fingerprint density at radius 1 is 1.43 bits per heavy atom. The molecular formula is C15H29N3O3. The fraction of sp³-hybridized carbons (Fsp3) is 0.867. The van der Waals surface area contributed by atoms with Crippen LogP contribution in [0.3, 0.4) is 0 Å². The first-order chi connectivity index (χ1) is 9.84. The van der Waals surface area contributed by atoms with E-state index in [1.807, 2.05) is 6.92 Å². The molecule has 1 rings (SSSR count). The predicted octanol–water partition coefficient (Wildman–Crippen LogP) is 1.61. The van der Waals surface area contributed by atoms with Crippen molar-refractivity contribution in [1.29, 1.82) is 0 Å². The van der Waals surface area contributed by atoms with Gasteiger partial charge in [-0.05, 0) is 52.6 Å². The zero-order valence-electron chi connectivity index (χ0n) is 13.6. The number of urea groups is 1. The molecule has 1 fully saturated rings. The first kappa shape index (κ1) is 17.8. The number of carboxylic acids is 1. The van der Waals surface area contributed by atoms with Crippen molar-refractivity contribution in [2.24, 2.45) is 5.92 Å². The standard InChI is InChI=1S/C15H29N3O3/c1-11(2)17(4)9-6-8-16-15(21)18-10-5-7-12(3)13(18)14(19)20/h11-13H,5-10H2,1-4H3,(H,16,21)(H,19,20). The fourth-order valence-corrected chi connectivity index (χ4v) is 2.68. The number of hydrogen-bond donors (Lipinski definition) is 2. The van der Waals surface area contributed by atoms with Gasteiger partial charge in [-0.25, -0.2) is 9.59 Å². The van der Waals surface area contributed by atoms with Gasteiger partial charge in [-0.2, -0.15) is 0 Å². The largest absolute Gasteiger partial charge is 0.480 e. The molecule has 0 aromatic heterocycles. The van der Waals surface area contributed by atoms with Gasteiger partial charge in [-0.3, -0.25) is 0 Å². The molecule has 6 nitrogen and oxygen atoms in total. The summed E-state index contributed by atoms with van der Waals surface area (Å²) in [4.78, 5) is 27.2. The third-order valence-corrected chi connectivity index (χ3v) is 4.29. The zero-order chi connectivity index (χ0) is 16.0. The number of likely N-dealkylation sites (tertiary alicyclic amines) is 1. The van der Waals surface area contributed by atoms with Gasteiger partial charge >= 0.3 is 12.0 Å². The molecular weight excluding hydrogens is 270 g/mol. The third kappa shape index (κ3) is 5.19. The van der Waals surface area contributed by atoms with E-state index in [9.17, 15) is 14.7 Å². The number of carbonyl (C=O) groups is 2. The van der Waals surface area contributed by atoms with Gasteiger partial charge in [0, 0.05) is 19.1 Å². The summed E-state index contributed by atoms with van der Waals surface area (Å²) < 4.78 is 0. The monoisotopic (exact) mass is 299 g/mol.